The number of nitrogens with zero attached hydrogens (tertiary/aromatic N) is 1. The van der Waals surface area contributed by atoms with Crippen LogP contribution >= 0.6 is 11.8 Å². The van der Waals surface area contributed by atoms with Crippen LogP contribution in [0.1, 0.15) is 31.2 Å². The van der Waals surface area contributed by atoms with Crippen LogP contribution < -0.4 is 4.90 Å². The summed E-state index contributed by atoms with van der Waals surface area (Å²) >= 11 is 1.88. The number of cyclic esters (lactones) is 1. The van der Waals surface area contributed by atoms with Crippen molar-refractivity contribution >= 4 is 29.5 Å². The predicted molar refractivity (Wildman–Crippen MR) is 85.5 cm³/mol. The largest absolute Gasteiger partial charge is 0.478 e. The molecular weight excluding hydrogens is 321 g/mol. The average molecular weight is 339 g/mol. The van der Waals surface area contributed by atoms with Gasteiger partial charge in [-0.15, -0.1) is 0 Å². The first-order chi connectivity index (χ1) is 11.0. The fourth-order valence-electron chi connectivity index (χ4n) is 3.17. The van der Waals surface area contributed by atoms with Gasteiger partial charge in [-0.1, -0.05) is 6.07 Å². The van der Waals surface area contributed by atoms with E-state index >= 15 is 0 Å². The summed E-state index contributed by atoms with van der Waals surface area (Å²) in [5.41, 5.74) is 1.00. The minimum Gasteiger partial charge on any atom is -0.478 e. The molecule has 1 aromatic rings. The molecular formula is C16H18FNO4S. The van der Waals surface area contributed by atoms with Crippen LogP contribution in [-0.4, -0.2) is 40.8 Å². The Balaban J connectivity index is 1.85. The molecule has 7 heteroatoms. The number of hydrogen-bond donors (Lipinski definition) is 1. The van der Waals surface area contributed by atoms with Crippen molar-refractivity contribution in [3.8, 4) is 0 Å². The molecule has 0 aliphatic carbocycles. The van der Waals surface area contributed by atoms with E-state index in [-0.39, 0.29) is 11.7 Å². The van der Waals surface area contributed by atoms with Crippen molar-refractivity contribution < 1.29 is 23.8 Å². The summed E-state index contributed by atoms with van der Waals surface area (Å²) in [7, 11) is 0. The summed E-state index contributed by atoms with van der Waals surface area (Å²) < 4.78 is 19.3. The van der Waals surface area contributed by atoms with Crippen LogP contribution in [0.25, 0.3) is 0 Å². The van der Waals surface area contributed by atoms with Crippen molar-refractivity contribution in [2.75, 3.05) is 16.4 Å². The fourth-order valence-corrected chi connectivity index (χ4v) is 4.27. The second-order valence-electron chi connectivity index (χ2n) is 5.85. The molecule has 5 nitrogen and oxygen atoms in total. The van der Waals surface area contributed by atoms with Crippen LogP contribution in [0, 0.1) is 5.82 Å². The van der Waals surface area contributed by atoms with Crippen LogP contribution in [0.3, 0.4) is 0 Å². The number of ether oxygens (including phenoxy) is 1. The standard InChI is InChI=1S/C16H18FNO4S/c1-9-14(15(19)20)22-16(21)18(9)11-2-3-12(13(17)8-11)10-4-6-23-7-5-10/h2-3,8-10,14H,4-7H2,1H3,(H,19,20)/t9?,14-/m1/s1. The second-order valence-corrected chi connectivity index (χ2v) is 7.07. The first-order valence-corrected chi connectivity index (χ1v) is 8.74. The number of thioether (sulfide) groups is 1. The molecule has 1 amide bonds. The van der Waals surface area contributed by atoms with E-state index in [2.05, 4.69) is 0 Å². The Bertz CT molecular complexity index is 633. The summed E-state index contributed by atoms with van der Waals surface area (Å²) in [6, 6.07) is 4.00. The van der Waals surface area contributed by atoms with E-state index < -0.39 is 24.2 Å². The topological polar surface area (TPSA) is 66.8 Å². The molecule has 2 aliphatic rings. The molecule has 3 rings (SSSR count). The number of hydrogen-bond acceptors (Lipinski definition) is 4. The SMILES string of the molecule is CC1[C@H](C(=O)O)OC(=O)N1c1ccc(C2CCSCC2)c(F)c1. The zero-order chi connectivity index (χ0) is 16.6. The minimum atomic E-state index is -1.24. The molecule has 0 saturated carbocycles. The number of aliphatic carboxylic acids is 1. The molecule has 1 unspecified atom stereocenters. The van der Waals surface area contributed by atoms with Crippen molar-refractivity contribution in [1.82, 2.24) is 0 Å². The smallest absolute Gasteiger partial charge is 0.415 e. The zero-order valence-electron chi connectivity index (χ0n) is 12.7. The number of benzene rings is 1. The Hall–Kier alpha value is -1.76. The van der Waals surface area contributed by atoms with Gasteiger partial charge < -0.3 is 9.84 Å². The number of anilines is 1. The van der Waals surface area contributed by atoms with E-state index in [1.807, 2.05) is 11.8 Å². The lowest BCUT2D eigenvalue weighted by Gasteiger charge is -2.24. The van der Waals surface area contributed by atoms with Gasteiger partial charge in [0.15, 0.2) is 0 Å². The molecule has 0 bridgehead atoms. The molecule has 0 spiro atoms. The maximum absolute atomic E-state index is 14.5. The molecule has 124 valence electrons. The van der Waals surface area contributed by atoms with Crippen LogP contribution in [0.4, 0.5) is 14.9 Å². The maximum Gasteiger partial charge on any atom is 0.415 e. The first-order valence-electron chi connectivity index (χ1n) is 7.59. The highest BCUT2D eigenvalue weighted by molar-refractivity contribution is 7.99. The van der Waals surface area contributed by atoms with Gasteiger partial charge in [0, 0.05) is 0 Å². The molecule has 2 heterocycles. The maximum atomic E-state index is 14.5. The fraction of sp³-hybridized carbons (Fsp3) is 0.500. The third-order valence-electron chi connectivity index (χ3n) is 4.44. The minimum absolute atomic E-state index is 0.208. The number of carbonyl (C=O) groups is 2. The first kappa shape index (κ1) is 16.1. The molecule has 2 saturated heterocycles. The highest BCUT2D eigenvalue weighted by Gasteiger charge is 2.44. The summed E-state index contributed by atoms with van der Waals surface area (Å²) in [5.74, 6) is 0.715. The summed E-state index contributed by atoms with van der Waals surface area (Å²) in [6.45, 7) is 1.58. The lowest BCUT2D eigenvalue weighted by atomic mass is 9.92. The van der Waals surface area contributed by atoms with E-state index in [1.165, 1.54) is 11.0 Å². The number of carboxylic acids is 1. The summed E-state index contributed by atoms with van der Waals surface area (Å²) in [4.78, 5) is 24.2. The Morgan fingerprint density at radius 2 is 2.09 bits per heavy atom. The van der Waals surface area contributed by atoms with Crippen molar-refractivity contribution in [2.24, 2.45) is 0 Å². The molecule has 23 heavy (non-hydrogen) atoms. The van der Waals surface area contributed by atoms with Gasteiger partial charge in [-0.05, 0) is 54.9 Å². The van der Waals surface area contributed by atoms with E-state index in [9.17, 15) is 14.0 Å². The quantitative estimate of drug-likeness (QED) is 0.916. The van der Waals surface area contributed by atoms with Gasteiger partial charge >= 0.3 is 12.1 Å². The molecule has 0 radical (unpaired) electrons. The van der Waals surface area contributed by atoms with Gasteiger partial charge in [-0.25, -0.2) is 14.0 Å². The third kappa shape index (κ3) is 3.02. The number of rotatable bonds is 3. The number of carboxylic acid groups (broad SMARTS) is 1. The average Bonchev–Trinajstić information content (AvgIpc) is 2.83. The highest BCUT2D eigenvalue weighted by Crippen LogP contribution is 2.35. The number of carbonyl (C=O) groups excluding carboxylic acids is 1. The van der Waals surface area contributed by atoms with Gasteiger partial charge in [0.2, 0.25) is 6.10 Å². The van der Waals surface area contributed by atoms with Gasteiger partial charge in [0.05, 0.1) is 11.7 Å². The number of halogens is 1. The lowest BCUT2D eigenvalue weighted by molar-refractivity contribution is -0.145. The Morgan fingerprint density at radius 3 is 2.65 bits per heavy atom. The van der Waals surface area contributed by atoms with Crippen LogP contribution in [0.2, 0.25) is 0 Å². The van der Waals surface area contributed by atoms with Crippen LogP contribution in [-0.2, 0) is 9.53 Å². The van der Waals surface area contributed by atoms with Crippen molar-refractivity contribution in [3.05, 3.63) is 29.6 Å². The lowest BCUT2D eigenvalue weighted by Crippen LogP contribution is -2.37. The number of amides is 1. The van der Waals surface area contributed by atoms with Crippen molar-refractivity contribution in [3.63, 3.8) is 0 Å². The van der Waals surface area contributed by atoms with E-state index in [0.717, 1.165) is 24.3 Å². The monoisotopic (exact) mass is 339 g/mol. The normalized spacial score (nSPS) is 25.5. The molecule has 1 N–H and O–H groups in total. The second kappa shape index (κ2) is 6.39. The van der Waals surface area contributed by atoms with E-state index in [4.69, 9.17) is 9.84 Å². The van der Waals surface area contributed by atoms with Crippen molar-refractivity contribution in [2.45, 2.75) is 37.8 Å². The highest BCUT2D eigenvalue weighted by atomic mass is 32.2. The van der Waals surface area contributed by atoms with Crippen molar-refractivity contribution in [1.29, 1.82) is 0 Å². The Morgan fingerprint density at radius 1 is 1.39 bits per heavy atom. The molecule has 2 atom stereocenters. The molecule has 2 fully saturated rings. The zero-order valence-corrected chi connectivity index (χ0v) is 13.5. The molecule has 0 aromatic heterocycles. The Labute approximate surface area is 137 Å². The van der Waals surface area contributed by atoms with Gasteiger partial charge in [0.1, 0.15) is 5.82 Å². The van der Waals surface area contributed by atoms with Crippen LogP contribution in [0.5, 0.6) is 0 Å². The predicted octanol–water partition coefficient (Wildman–Crippen LogP) is 3.23. The van der Waals surface area contributed by atoms with E-state index in [0.29, 0.717) is 11.3 Å². The Kier molecular flexibility index (Phi) is 4.48. The van der Waals surface area contributed by atoms with E-state index in [1.54, 1.807) is 19.1 Å². The van der Waals surface area contributed by atoms with Crippen LogP contribution in [0.15, 0.2) is 18.2 Å². The molecule has 2 aliphatic heterocycles. The van der Waals surface area contributed by atoms with Gasteiger partial charge in [-0.2, -0.15) is 11.8 Å². The van der Waals surface area contributed by atoms with Gasteiger partial charge in [0.25, 0.3) is 0 Å². The summed E-state index contributed by atoms with van der Waals surface area (Å²) in [5, 5.41) is 9.06. The summed E-state index contributed by atoms with van der Waals surface area (Å²) in [6.07, 6.45) is -0.0966. The molecule has 1 aromatic carbocycles. The third-order valence-corrected chi connectivity index (χ3v) is 5.49. The van der Waals surface area contributed by atoms with Gasteiger partial charge in [-0.3, -0.25) is 4.90 Å².